The van der Waals surface area contributed by atoms with E-state index < -0.39 is 0 Å². The molecule has 17 heavy (non-hydrogen) atoms. The second kappa shape index (κ2) is 6.03. The summed E-state index contributed by atoms with van der Waals surface area (Å²) in [5, 5.41) is 6.94. The lowest BCUT2D eigenvalue weighted by Gasteiger charge is -2.37. The molecule has 1 aromatic carbocycles. The van der Waals surface area contributed by atoms with Gasteiger partial charge in [-0.1, -0.05) is 18.2 Å². The smallest absolute Gasteiger partial charge is 0.0536 e. The molecule has 3 nitrogen and oxygen atoms in total. The highest BCUT2D eigenvalue weighted by Crippen LogP contribution is 2.29. The SMILES string of the molecule is COCC1(CNc2ccccc2)CCNCC1. The topological polar surface area (TPSA) is 33.3 Å². The average Bonchev–Trinajstić information content (AvgIpc) is 2.39. The molecule has 0 bridgehead atoms. The van der Waals surface area contributed by atoms with E-state index in [9.17, 15) is 0 Å². The summed E-state index contributed by atoms with van der Waals surface area (Å²) >= 11 is 0. The molecule has 0 aliphatic carbocycles. The van der Waals surface area contributed by atoms with Crippen molar-refractivity contribution < 1.29 is 4.74 Å². The van der Waals surface area contributed by atoms with Gasteiger partial charge in [-0.2, -0.15) is 0 Å². The number of hydrogen-bond donors (Lipinski definition) is 2. The molecule has 0 aromatic heterocycles. The number of hydrogen-bond acceptors (Lipinski definition) is 3. The minimum atomic E-state index is 0.288. The molecule has 0 spiro atoms. The van der Waals surface area contributed by atoms with Gasteiger partial charge in [-0.05, 0) is 38.1 Å². The van der Waals surface area contributed by atoms with Gasteiger partial charge in [0.2, 0.25) is 0 Å². The number of anilines is 1. The first-order chi connectivity index (χ1) is 8.35. The molecule has 1 aromatic rings. The number of piperidine rings is 1. The van der Waals surface area contributed by atoms with Gasteiger partial charge in [0.05, 0.1) is 6.61 Å². The molecular formula is C14H22N2O. The van der Waals surface area contributed by atoms with Gasteiger partial charge in [-0.15, -0.1) is 0 Å². The van der Waals surface area contributed by atoms with Gasteiger partial charge in [-0.3, -0.25) is 0 Å². The first-order valence-electron chi connectivity index (χ1n) is 6.33. The molecule has 0 unspecified atom stereocenters. The van der Waals surface area contributed by atoms with Crippen LogP contribution in [0.15, 0.2) is 30.3 Å². The van der Waals surface area contributed by atoms with Crippen molar-refractivity contribution in [3.05, 3.63) is 30.3 Å². The molecule has 2 N–H and O–H groups in total. The van der Waals surface area contributed by atoms with Crippen molar-refractivity contribution in [2.24, 2.45) is 5.41 Å². The maximum Gasteiger partial charge on any atom is 0.0536 e. The lowest BCUT2D eigenvalue weighted by atomic mass is 9.79. The Kier molecular flexibility index (Phi) is 4.40. The minimum Gasteiger partial charge on any atom is -0.384 e. The third kappa shape index (κ3) is 3.45. The number of ether oxygens (including phenoxy) is 1. The van der Waals surface area contributed by atoms with Crippen molar-refractivity contribution in [1.82, 2.24) is 5.32 Å². The van der Waals surface area contributed by atoms with Gasteiger partial charge in [0.15, 0.2) is 0 Å². The summed E-state index contributed by atoms with van der Waals surface area (Å²) < 4.78 is 5.41. The second-order valence-electron chi connectivity index (χ2n) is 4.90. The highest BCUT2D eigenvalue weighted by Gasteiger charge is 2.31. The fourth-order valence-corrected chi connectivity index (χ4v) is 2.48. The molecule has 0 saturated carbocycles. The van der Waals surface area contributed by atoms with Crippen LogP contribution in [0.25, 0.3) is 0 Å². The van der Waals surface area contributed by atoms with E-state index in [2.05, 4.69) is 34.9 Å². The maximum absolute atomic E-state index is 5.41. The number of nitrogens with one attached hydrogen (secondary N) is 2. The molecular weight excluding hydrogens is 212 g/mol. The van der Waals surface area contributed by atoms with Gasteiger partial charge in [0.1, 0.15) is 0 Å². The Bertz CT molecular complexity index is 315. The number of rotatable bonds is 5. The Balaban J connectivity index is 1.93. The Hall–Kier alpha value is -1.06. The molecule has 3 heteroatoms. The molecule has 0 radical (unpaired) electrons. The standard InChI is InChI=1S/C14H22N2O/c1-17-12-14(7-9-15-10-8-14)11-16-13-5-3-2-4-6-13/h2-6,15-16H,7-12H2,1H3. The van der Waals surface area contributed by atoms with Crippen LogP contribution in [0.2, 0.25) is 0 Å². The molecule has 1 heterocycles. The van der Waals surface area contributed by atoms with E-state index in [4.69, 9.17) is 4.74 Å². The zero-order chi connectivity index (χ0) is 12.0. The molecule has 1 aliphatic heterocycles. The predicted molar refractivity (Wildman–Crippen MR) is 71.3 cm³/mol. The van der Waals surface area contributed by atoms with E-state index in [1.165, 1.54) is 18.5 Å². The third-order valence-corrected chi connectivity index (χ3v) is 3.56. The van der Waals surface area contributed by atoms with E-state index in [0.717, 1.165) is 26.2 Å². The highest BCUT2D eigenvalue weighted by molar-refractivity contribution is 5.42. The lowest BCUT2D eigenvalue weighted by Crippen LogP contribution is -2.44. The third-order valence-electron chi connectivity index (χ3n) is 3.56. The Morgan fingerprint density at radius 3 is 2.59 bits per heavy atom. The van der Waals surface area contributed by atoms with E-state index in [-0.39, 0.29) is 5.41 Å². The zero-order valence-electron chi connectivity index (χ0n) is 10.5. The monoisotopic (exact) mass is 234 g/mol. The second-order valence-corrected chi connectivity index (χ2v) is 4.90. The van der Waals surface area contributed by atoms with Crippen LogP contribution in [-0.4, -0.2) is 33.4 Å². The van der Waals surface area contributed by atoms with Crippen LogP contribution in [-0.2, 0) is 4.74 Å². The van der Waals surface area contributed by atoms with Crippen LogP contribution >= 0.6 is 0 Å². The van der Waals surface area contributed by atoms with Gasteiger partial charge in [-0.25, -0.2) is 0 Å². The fourth-order valence-electron chi connectivity index (χ4n) is 2.48. The summed E-state index contributed by atoms with van der Waals surface area (Å²) in [5.41, 5.74) is 1.48. The summed E-state index contributed by atoms with van der Waals surface area (Å²) in [6, 6.07) is 10.4. The number of methoxy groups -OCH3 is 1. The summed E-state index contributed by atoms with van der Waals surface area (Å²) in [6.07, 6.45) is 2.36. The molecule has 0 atom stereocenters. The maximum atomic E-state index is 5.41. The summed E-state index contributed by atoms with van der Waals surface area (Å²) in [7, 11) is 1.80. The van der Waals surface area contributed by atoms with Crippen LogP contribution in [0, 0.1) is 5.41 Å². The first-order valence-corrected chi connectivity index (χ1v) is 6.33. The zero-order valence-corrected chi connectivity index (χ0v) is 10.5. The fraction of sp³-hybridized carbons (Fsp3) is 0.571. The van der Waals surface area contributed by atoms with Crippen molar-refractivity contribution >= 4 is 5.69 Å². The van der Waals surface area contributed by atoms with Crippen LogP contribution in [0.5, 0.6) is 0 Å². The average molecular weight is 234 g/mol. The van der Waals surface area contributed by atoms with E-state index in [1.807, 2.05) is 6.07 Å². The number of benzene rings is 1. The largest absolute Gasteiger partial charge is 0.384 e. The molecule has 1 aliphatic rings. The van der Waals surface area contributed by atoms with Crippen LogP contribution < -0.4 is 10.6 Å². The van der Waals surface area contributed by atoms with E-state index in [0.29, 0.717) is 0 Å². The molecule has 94 valence electrons. The molecule has 2 rings (SSSR count). The van der Waals surface area contributed by atoms with Crippen LogP contribution in [0.1, 0.15) is 12.8 Å². The summed E-state index contributed by atoms with van der Waals surface area (Å²) in [4.78, 5) is 0. The molecule has 1 fully saturated rings. The summed E-state index contributed by atoms with van der Waals surface area (Å²) in [5.74, 6) is 0. The Labute approximate surface area is 104 Å². The number of para-hydroxylation sites is 1. The van der Waals surface area contributed by atoms with Crippen molar-refractivity contribution in [3.8, 4) is 0 Å². The first kappa shape index (κ1) is 12.4. The highest BCUT2D eigenvalue weighted by atomic mass is 16.5. The minimum absolute atomic E-state index is 0.288. The van der Waals surface area contributed by atoms with Crippen molar-refractivity contribution in [2.75, 3.05) is 38.7 Å². The Morgan fingerprint density at radius 2 is 1.94 bits per heavy atom. The van der Waals surface area contributed by atoms with Gasteiger partial charge < -0.3 is 15.4 Å². The van der Waals surface area contributed by atoms with Crippen molar-refractivity contribution in [3.63, 3.8) is 0 Å². The normalized spacial score (nSPS) is 18.9. The summed E-state index contributed by atoms with van der Waals surface area (Å²) in [6.45, 7) is 4.03. The van der Waals surface area contributed by atoms with Gasteiger partial charge >= 0.3 is 0 Å². The van der Waals surface area contributed by atoms with Crippen LogP contribution in [0.4, 0.5) is 5.69 Å². The Morgan fingerprint density at radius 1 is 1.24 bits per heavy atom. The quantitative estimate of drug-likeness (QED) is 0.818. The van der Waals surface area contributed by atoms with Gasteiger partial charge in [0, 0.05) is 24.8 Å². The van der Waals surface area contributed by atoms with E-state index >= 15 is 0 Å². The lowest BCUT2D eigenvalue weighted by molar-refractivity contribution is 0.0636. The predicted octanol–water partition coefficient (Wildman–Crippen LogP) is 2.11. The molecule has 0 amide bonds. The van der Waals surface area contributed by atoms with E-state index in [1.54, 1.807) is 7.11 Å². The van der Waals surface area contributed by atoms with Gasteiger partial charge in [0.25, 0.3) is 0 Å². The van der Waals surface area contributed by atoms with Crippen molar-refractivity contribution in [1.29, 1.82) is 0 Å². The van der Waals surface area contributed by atoms with Crippen LogP contribution in [0.3, 0.4) is 0 Å². The van der Waals surface area contributed by atoms with Crippen molar-refractivity contribution in [2.45, 2.75) is 12.8 Å². The molecule has 1 saturated heterocycles.